The topological polar surface area (TPSA) is 69.6 Å². The number of anilines is 1. The van der Waals surface area contributed by atoms with Crippen LogP contribution < -0.4 is 5.32 Å². The molecule has 1 rings (SSSR count). The van der Waals surface area contributed by atoms with Crippen molar-refractivity contribution in [3.8, 4) is 0 Å². The van der Waals surface area contributed by atoms with Crippen molar-refractivity contribution >= 4 is 23.8 Å². The number of urea groups is 1. The molecule has 114 valence electrons. The van der Waals surface area contributed by atoms with Gasteiger partial charge in [0.1, 0.15) is 0 Å². The van der Waals surface area contributed by atoms with Gasteiger partial charge in [0, 0.05) is 24.4 Å². The number of carbonyl (C=O) groups excluding carboxylic acids is 1. The van der Waals surface area contributed by atoms with Crippen LogP contribution in [0.15, 0.2) is 30.3 Å². The van der Waals surface area contributed by atoms with Gasteiger partial charge in [-0.3, -0.25) is 0 Å². The molecule has 0 spiro atoms. The minimum Gasteiger partial charge on any atom is -0.478 e. The molecule has 1 aromatic rings. The first-order valence-electron chi connectivity index (χ1n) is 7.02. The molecule has 0 fully saturated rings. The normalized spacial score (nSPS) is 10.9. The van der Waals surface area contributed by atoms with Crippen molar-refractivity contribution < 1.29 is 14.7 Å². The van der Waals surface area contributed by atoms with Crippen LogP contribution >= 0.6 is 0 Å². The predicted molar refractivity (Wildman–Crippen MR) is 84.3 cm³/mol. The monoisotopic (exact) mass is 290 g/mol. The fourth-order valence-corrected chi connectivity index (χ4v) is 1.88. The third kappa shape index (κ3) is 5.69. The summed E-state index contributed by atoms with van der Waals surface area (Å²) < 4.78 is 0. The summed E-state index contributed by atoms with van der Waals surface area (Å²) in [5.74, 6) is -0.987. The standard InChI is InChI=1S/C16H22N2O3/c1-4-11-18(12(2)3)16(21)17-14-8-5-13(6-9-14)7-10-15(19)20/h5-10,12H,4,11H2,1-3H3,(H,17,21)(H,19,20)/b10-7+. The highest BCUT2D eigenvalue weighted by molar-refractivity contribution is 5.90. The minimum absolute atomic E-state index is 0.124. The number of nitrogens with one attached hydrogen (secondary N) is 1. The second-order valence-electron chi connectivity index (χ2n) is 5.01. The molecule has 0 saturated carbocycles. The molecule has 0 aromatic heterocycles. The van der Waals surface area contributed by atoms with Crippen LogP contribution in [0.3, 0.4) is 0 Å². The summed E-state index contributed by atoms with van der Waals surface area (Å²) in [5, 5.41) is 11.4. The lowest BCUT2D eigenvalue weighted by Gasteiger charge is -2.26. The smallest absolute Gasteiger partial charge is 0.328 e. The number of benzene rings is 1. The molecule has 0 bridgehead atoms. The maximum absolute atomic E-state index is 12.2. The van der Waals surface area contributed by atoms with Crippen LogP contribution in [0.2, 0.25) is 0 Å². The van der Waals surface area contributed by atoms with Gasteiger partial charge in [0.05, 0.1) is 0 Å². The molecule has 0 atom stereocenters. The number of carboxylic acid groups (broad SMARTS) is 1. The molecule has 21 heavy (non-hydrogen) atoms. The lowest BCUT2D eigenvalue weighted by molar-refractivity contribution is -0.131. The molecular weight excluding hydrogens is 268 g/mol. The van der Waals surface area contributed by atoms with Crippen LogP contribution in [0.4, 0.5) is 10.5 Å². The summed E-state index contributed by atoms with van der Waals surface area (Å²) in [5.41, 5.74) is 1.46. The lowest BCUT2D eigenvalue weighted by atomic mass is 10.2. The first kappa shape index (κ1) is 16.8. The Labute approximate surface area is 125 Å². The summed E-state index contributed by atoms with van der Waals surface area (Å²) in [7, 11) is 0. The van der Waals surface area contributed by atoms with Gasteiger partial charge in [-0.2, -0.15) is 0 Å². The average Bonchev–Trinajstić information content (AvgIpc) is 2.43. The van der Waals surface area contributed by atoms with Crippen molar-refractivity contribution in [1.29, 1.82) is 0 Å². The molecular formula is C16H22N2O3. The predicted octanol–water partition coefficient (Wildman–Crippen LogP) is 3.44. The zero-order valence-corrected chi connectivity index (χ0v) is 12.7. The van der Waals surface area contributed by atoms with Crippen molar-refractivity contribution in [3.05, 3.63) is 35.9 Å². The quantitative estimate of drug-likeness (QED) is 0.788. The maximum Gasteiger partial charge on any atom is 0.328 e. The molecule has 2 N–H and O–H groups in total. The van der Waals surface area contributed by atoms with E-state index in [0.29, 0.717) is 12.2 Å². The van der Waals surface area contributed by atoms with E-state index in [1.165, 1.54) is 6.08 Å². The van der Waals surface area contributed by atoms with Crippen molar-refractivity contribution in [3.63, 3.8) is 0 Å². The van der Waals surface area contributed by atoms with Gasteiger partial charge in [0.25, 0.3) is 0 Å². The number of rotatable bonds is 6. The SMILES string of the molecule is CCCN(C(=O)Nc1ccc(/C=C/C(=O)O)cc1)C(C)C. The van der Waals surface area contributed by atoms with Gasteiger partial charge in [-0.05, 0) is 44.0 Å². The van der Waals surface area contributed by atoms with Crippen LogP contribution in [-0.4, -0.2) is 34.6 Å². The van der Waals surface area contributed by atoms with E-state index in [0.717, 1.165) is 18.1 Å². The Balaban J connectivity index is 2.70. The number of carboxylic acids is 1. The zero-order chi connectivity index (χ0) is 15.8. The van der Waals surface area contributed by atoms with Gasteiger partial charge in [-0.15, -0.1) is 0 Å². The van der Waals surface area contributed by atoms with E-state index in [-0.39, 0.29) is 12.1 Å². The highest BCUT2D eigenvalue weighted by Crippen LogP contribution is 2.12. The first-order valence-corrected chi connectivity index (χ1v) is 7.02. The van der Waals surface area contributed by atoms with Gasteiger partial charge < -0.3 is 15.3 Å². The Morgan fingerprint density at radius 3 is 2.38 bits per heavy atom. The number of nitrogens with zero attached hydrogens (tertiary/aromatic N) is 1. The number of carbonyl (C=O) groups is 2. The molecule has 2 amide bonds. The number of amides is 2. The third-order valence-corrected chi connectivity index (χ3v) is 2.93. The Morgan fingerprint density at radius 2 is 1.90 bits per heavy atom. The highest BCUT2D eigenvalue weighted by Gasteiger charge is 2.15. The van der Waals surface area contributed by atoms with Crippen LogP contribution in [-0.2, 0) is 4.79 Å². The molecule has 0 radical (unpaired) electrons. The molecule has 5 heteroatoms. The summed E-state index contributed by atoms with van der Waals surface area (Å²) in [6, 6.07) is 7.04. The molecule has 0 saturated heterocycles. The zero-order valence-electron chi connectivity index (χ0n) is 12.7. The molecule has 0 aliphatic rings. The van der Waals surface area contributed by atoms with E-state index >= 15 is 0 Å². The fraction of sp³-hybridized carbons (Fsp3) is 0.375. The van der Waals surface area contributed by atoms with Crippen molar-refractivity contribution in [1.82, 2.24) is 4.90 Å². The van der Waals surface area contributed by atoms with Crippen LogP contribution in [0.5, 0.6) is 0 Å². The molecule has 0 heterocycles. The fourth-order valence-electron chi connectivity index (χ4n) is 1.88. The van der Waals surface area contributed by atoms with Gasteiger partial charge in [0.15, 0.2) is 0 Å². The van der Waals surface area contributed by atoms with Crippen LogP contribution in [0.1, 0.15) is 32.8 Å². The second kappa shape index (κ2) is 8.09. The Hall–Kier alpha value is -2.30. The summed E-state index contributed by atoms with van der Waals surface area (Å²) in [6.07, 6.45) is 3.49. The number of hydrogen-bond donors (Lipinski definition) is 2. The lowest BCUT2D eigenvalue weighted by Crippen LogP contribution is -2.40. The first-order chi connectivity index (χ1) is 9.93. The van der Waals surface area contributed by atoms with E-state index in [9.17, 15) is 9.59 Å². The minimum atomic E-state index is -0.987. The van der Waals surface area contributed by atoms with E-state index in [1.54, 1.807) is 29.2 Å². The van der Waals surface area contributed by atoms with Crippen molar-refractivity contribution in [2.45, 2.75) is 33.2 Å². The molecule has 5 nitrogen and oxygen atoms in total. The highest BCUT2D eigenvalue weighted by atomic mass is 16.4. The van der Waals surface area contributed by atoms with E-state index < -0.39 is 5.97 Å². The van der Waals surface area contributed by atoms with E-state index in [1.807, 2.05) is 20.8 Å². The van der Waals surface area contributed by atoms with Crippen LogP contribution in [0.25, 0.3) is 6.08 Å². The van der Waals surface area contributed by atoms with Crippen molar-refractivity contribution in [2.75, 3.05) is 11.9 Å². The van der Waals surface area contributed by atoms with Gasteiger partial charge in [-0.25, -0.2) is 9.59 Å². The Bertz CT molecular complexity index is 507. The Morgan fingerprint density at radius 1 is 1.29 bits per heavy atom. The van der Waals surface area contributed by atoms with Crippen LogP contribution in [0, 0.1) is 0 Å². The molecule has 0 aliphatic heterocycles. The third-order valence-electron chi connectivity index (χ3n) is 2.93. The van der Waals surface area contributed by atoms with Gasteiger partial charge in [0.2, 0.25) is 0 Å². The molecule has 1 aromatic carbocycles. The second-order valence-corrected chi connectivity index (χ2v) is 5.01. The van der Waals surface area contributed by atoms with E-state index in [4.69, 9.17) is 5.11 Å². The largest absolute Gasteiger partial charge is 0.478 e. The van der Waals surface area contributed by atoms with E-state index in [2.05, 4.69) is 5.32 Å². The van der Waals surface area contributed by atoms with Gasteiger partial charge >= 0.3 is 12.0 Å². The summed E-state index contributed by atoms with van der Waals surface area (Å²) >= 11 is 0. The Kier molecular flexibility index (Phi) is 6.46. The summed E-state index contributed by atoms with van der Waals surface area (Å²) in [4.78, 5) is 24.4. The van der Waals surface area contributed by atoms with Crippen molar-refractivity contribution in [2.24, 2.45) is 0 Å². The number of aliphatic carboxylic acids is 1. The average molecular weight is 290 g/mol. The maximum atomic E-state index is 12.2. The number of hydrogen-bond acceptors (Lipinski definition) is 2. The summed E-state index contributed by atoms with van der Waals surface area (Å²) in [6.45, 7) is 6.71. The van der Waals surface area contributed by atoms with Gasteiger partial charge in [-0.1, -0.05) is 19.1 Å². The molecule has 0 unspecified atom stereocenters. The molecule has 0 aliphatic carbocycles.